The van der Waals surface area contributed by atoms with Gasteiger partial charge in [0.2, 0.25) is 0 Å². The van der Waals surface area contributed by atoms with Crippen LogP contribution < -0.4 is 4.90 Å². The topological polar surface area (TPSA) is 9.72 Å². The number of halogens is 1. The van der Waals surface area contributed by atoms with Crippen molar-refractivity contribution in [3.63, 3.8) is 0 Å². The second kappa shape index (κ2) is 7.53. The molecule has 0 radical (unpaired) electrons. The molecule has 29 heavy (non-hydrogen) atoms. The molecule has 2 saturated heterocycles. The summed E-state index contributed by atoms with van der Waals surface area (Å²) in [5.41, 5.74) is 0.783. The normalized spacial score (nSPS) is 40.5. The molecule has 6 aliphatic rings. The van der Waals surface area contributed by atoms with E-state index in [0.29, 0.717) is 6.04 Å². The molecular formula is C25H36FN3. The first-order valence-corrected chi connectivity index (χ1v) is 12.2. The number of hydrogen-bond donors (Lipinski definition) is 0. The monoisotopic (exact) mass is 397 g/mol. The van der Waals surface area contributed by atoms with E-state index >= 15 is 0 Å². The van der Waals surface area contributed by atoms with Crippen molar-refractivity contribution in [2.45, 2.75) is 57.0 Å². The van der Waals surface area contributed by atoms with Crippen molar-refractivity contribution < 1.29 is 4.39 Å². The largest absolute Gasteiger partial charge is 0.367 e. The summed E-state index contributed by atoms with van der Waals surface area (Å²) in [5.74, 6) is 4.07. The third kappa shape index (κ3) is 3.40. The molecule has 2 aliphatic heterocycles. The van der Waals surface area contributed by atoms with Gasteiger partial charge in [0.1, 0.15) is 5.82 Å². The number of piperazine rings is 1. The van der Waals surface area contributed by atoms with Crippen molar-refractivity contribution in [1.29, 1.82) is 0 Å². The number of anilines is 1. The van der Waals surface area contributed by atoms with Gasteiger partial charge in [-0.25, -0.2) is 4.39 Å². The van der Waals surface area contributed by atoms with Crippen molar-refractivity contribution in [3.05, 3.63) is 30.1 Å². The Hall–Kier alpha value is -1.13. The molecule has 1 aromatic carbocycles. The highest BCUT2D eigenvalue weighted by molar-refractivity contribution is 5.48. The lowest BCUT2D eigenvalue weighted by Gasteiger charge is -2.58. The van der Waals surface area contributed by atoms with Crippen LogP contribution in [0.1, 0.15) is 44.9 Å². The third-order valence-electron chi connectivity index (χ3n) is 9.05. The molecule has 4 saturated carbocycles. The zero-order chi connectivity index (χ0) is 19.4. The van der Waals surface area contributed by atoms with E-state index in [1.165, 1.54) is 51.6 Å². The Labute approximate surface area is 175 Å². The third-order valence-corrected chi connectivity index (χ3v) is 9.05. The Morgan fingerprint density at radius 1 is 0.759 bits per heavy atom. The van der Waals surface area contributed by atoms with Crippen LogP contribution in [0.4, 0.5) is 10.1 Å². The molecule has 4 bridgehead atoms. The fraction of sp³-hybridized carbons (Fsp3) is 0.760. The van der Waals surface area contributed by atoms with Crippen molar-refractivity contribution in [2.75, 3.05) is 44.2 Å². The van der Waals surface area contributed by atoms with E-state index in [1.807, 2.05) is 12.1 Å². The molecule has 1 aromatic rings. The maximum absolute atomic E-state index is 14.2. The van der Waals surface area contributed by atoms with E-state index in [1.54, 1.807) is 18.6 Å². The van der Waals surface area contributed by atoms with E-state index in [4.69, 9.17) is 0 Å². The molecule has 3 nitrogen and oxygen atoms in total. The van der Waals surface area contributed by atoms with Gasteiger partial charge in [0.05, 0.1) is 5.69 Å². The van der Waals surface area contributed by atoms with Crippen LogP contribution in [-0.4, -0.2) is 61.2 Å². The predicted molar refractivity (Wildman–Crippen MR) is 116 cm³/mol. The molecule has 7 rings (SSSR count). The van der Waals surface area contributed by atoms with E-state index in [-0.39, 0.29) is 5.82 Å². The van der Waals surface area contributed by atoms with Crippen LogP contribution in [0.5, 0.6) is 0 Å². The average molecular weight is 398 g/mol. The molecule has 1 atom stereocenters. The molecule has 0 amide bonds. The van der Waals surface area contributed by atoms with Crippen LogP contribution in [0, 0.1) is 29.5 Å². The van der Waals surface area contributed by atoms with Crippen molar-refractivity contribution in [3.8, 4) is 0 Å². The van der Waals surface area contributed by atoms with Gasteiger partial charge >= 0.3 is 0 Å². The van der Waals surface area contributed by atoms with Gasteiger partial charge in [-0.15, -0.1) is 0 Å². The van der Waals surface area contributed by atoms with Crippen molar-refractivity contribution in [2.24, 2.45) is 23.7 Å². The van der Waals surface area contributed by atoms with Gasteiger partial charge in [0, 0.05) is 44.8 Å². The number of hydrogen-bond acceptors (Lipinski definition) is 3. The summed E-state index contributed by atoms with van der Waals surface area (Å²) in [6, 6.07) is 8.87. The van der Waals surface area contributed by atoms with Crippen molar-refractivity contribution in [1.82, 2.24) is 9.80 Å². The van der Waals surface area contributed by atoms with E-state index < -0.39 is 0 Å². The Balaban J connectivity index is 1.09. The number of rotatable bonds is 3. The number of piperidine rings is 1. The predicted octanol–water partition coefficient (Wildman–Crippen LogP) is 4.24. The highest BCUT2D eigenvalue weighted by Crippen LogP contribution is 2.55. The summed E-state index contributed by atoms with van der Waals surface area (Å²) >= 11 is 0. The first-order chi connectivity index (χ1) is 14.2. The minimum atomic E-state index is -0.0771. The second-order valence-corrected chi connectivity index (χ2v) is 10.7. The Morgan fingerprint density at radius 2 is 1.45 bits per heavy atom. The van der Waals surface area contributed by atoms with Gasteiger partial charge in [0.25, 0.3) is 0 Å². The van der Waals surface area contributed by atoms with Gasteiger partial charge in [-0.3, -0.25) is 9.80 Å². The summed E-state index contributed by atoms with van der Waals surface area (Å²) in [6.07, 6.45) is 10.4. The molecule has 2 heterocycles. The molecule has 0 N–H and O–H groups in total. The molecule has 4 aliphatic carbocycles. The minimum absolute atomic E-state index is 0.0771. The highest BCUT2D eigenvalue weighted by Gasteiger charge is 2.50. The SMILES string of the molecule is Fc1ccccc1N1CCN(C2CCCN(C3C4CC5CC(C4)CC3C5)C2)CC1. The van der Waals surface area contributed by atoms with Crippen LogP contribution in [0.15, 0.2) is 24.3 Å². The first kappa shape index (κ1) is 18.6. The fourth-order valence-corrected chi connectivity index (χ4v) is 8.08. The molecular weight excluding hydrogens is 361 g/mol. The Bertz CT molecular complexity index is 701. The van der Waals surface area contributed by atoms with Gasteiger partial charge in [-0.05, 0) is 87.3 Å². The van der Waals surface area contributed by atoms with Crippen LogP contribution >= 0.6 is 0 Å². The van der Waals surface area contributed by atoms with E-state index in [2.05, 4.69) is 14.7 Å². The zero-order valence-corrected chi connectivity index (χ0v) is 17.7. The van der Waals surface area contributed by atoms with Gasteiger partial charge in [-0.2, -0.15) is 0 Å². The van der Waals surface area contributed by atoms with E-state index in [9.17, 15) is 4.39 Å². The molecule has 4 heteroatoms. The van der Waals surface area contributed by atoms with Crippen LogP contribution in [0.3, 0.4) is 0 Å². The van der Waals surface area contributed by atoms with E-state index in [0.717, 1.165) is 61.6 Å². The first-order valence-electron chi connectivity index (χ1n) is 12.2. The van der Waals surface area contributed by atoms with Gasteiger partial charge < -0.3 is 4.90 Å². The number of likely N-dealkylation sites (tertiary alicyclic amines) is 1. The number of nitrogens with zero attached hydrogens (tertiary/aromatic N) is 3. The zero-order valence-electron chi connectivity index (χ0n) is 17.7. The fourth-order valence-electron chi connectivity index (χ4n) is 8.08. The summed E-state index contributed by atoms with van der Waals surface area (Å²) in [7, 11) is 0. The summed E-state index contributed by atoms with van der Waals surface area (Å²) in [5, 5.41) is 0. The van der Waals surface area contributed by atoms with Crippen LogP contribution in [-0.2, 0) is 0 Å². The van der Waals surface area contributed by atoms with Gasteiger partial charge in [-0.1, -0.05) is 12.1 Å². The highest BCUT2D eigenvalue weighted by atomic mass is 19.1. The molecule has 0 spiro atoms. The van der Waals surface area contributed by atoms with Crippen molar-refractivity contribution >= 4 is 5.69 Å². The summed E-state index contributed by atoms with van der Waals surface area (Å²) in [4.78, 5) is 7.90. The van der Waals surface area contributed by atoms with Crippen LogP contribution in [0.25, 0.3) is 0 Å². The lowest BCUT2D eigenvalue weighted by atomic mass is 9.53. The molecule has 6 fully saturated rings. The quantitative estimate of drug-likeness (QED) is 0.755. The number of benzene rings is 1. The second-order valence-electron chi connectivity index (χ2n) is 10.7. The minimum Gasteiger partial charge on any atom is -0.367 e. The molecule has 158 valence electrons. The Kier molecular flexibility index (Phi) is 4.84. The lowest BCUT2D eigenvalue weighted by molar-refractivity contribution is -0.0795. The summed E-state index contributed by atoms with van der Waals surface area (Å²) in [6.45, 7) is 6.68. The Morgan fingerprint density at radius 3 is 2.14 bits per heavy atom. The summed E-state index contributed by atoms with van der Waals surface area (Å²) < 4.78 is 14.2. The maximum Gasteiger partial charge on any atom is 0.146 e. The molecule has 0 aromatic heterocycles. The standard InChI is InChI=1S/C25H36FN3/c26-23-5-1-2-6-24(23)28-10-8-27(9-11-28)22-4-3-7-29(17-22)25-20-13-18-12-19(15-20)16-21(25)14-18/h1-2,5-6,18-22,25H,3-4,7-17H2. The van der Waals surface area contributed by atoms with Crippen LogP contribution in [0.2, 0.25) is 0 Å². The lowest BCUT2D eigenvalue weighted by Crippen LogP contribution is -2.61. The number of para-hydroxylation sites is 1. The smallest absolute Gasteiger partial charge is 0.146 e. The molecule has 1 unspecified atom stereocenters. The maximum atomic E-state index is 14.2. The van der Waals surface area contributed by atoms with Gasteiger partial charge in [0.15, 0.2) is 0 Å². The average Bonchev–Trinajstić information content (AvgIpc) is 2.74.